The minimum Gasteiger partial charge on any atom is -0.497 e. The van der Waals surface area contributed by atoms with Gasteiger partial charge in [0.2, 0.25) is 0 Å². The van der Waals surface area contributed by atoms with Crippen molar-refractivity contribution in [1.82, 2.24) is 19.9 Å². The van der Waals surface area contributed by atoms with E-state index in [9.17, 15) is 4.79 Å². The predicted molar refractivity (Wildman–Crippen MR) is 87.3 cm³/mol. The highest BCUT2D eigenvalue weighted by molar-refractivity contribution is 5.93. The molecule has 3 heterocycles. The van der Waals surface area contributed by atoms with E-state index in [-0.39, 0.29) is 12.0 Å². The van der Waals surface area contributed by atoms with Crippen molar-refractivity contribution in [3.8, 4) is 5.75 Å². The fourth-order valence-electron chi connectivity index (χ4n) is 3.11. The van der Waals surface area contributed by atoms with Crippen molar-refractivity contribution >= 4 is 5.91 Å². The maximum Gasteiger partial charge on any atom is 0.276 e. The topological polar surface area (TPSA) is 78.7 Å². The minimum atomic E-state index is -0.119. The number of benzene rings is 1. The van der Waals surface area contributed by atoms with Crippen molar-refractivity contribution in [2.45, 2.75) is 19.3 Å². The summed E-state index contributed by atoms with van der Waals surface area (Å²) in [6.45, 7) is 3.14. The smallest absolute Gasteiger partial charge is 0.276 e. The van der Waals surface area contributed by atoms with Crippen LogP contribution in [0.5, 0.6) is 5.75 Å². The van der Waals surface area contributed by atoms with E-state index in [1.807, 2.05) is 24.3 Å². The molecule has 25 heavy (non-hydrogen) atoms. The lowest BCUT2D eigenvalue weighted by atomic mass is 10.1. The van der Waals surface area contributed by atoms with Crippen LogP contribution in [0.3, 0.4) is 0 Å². The molecule has 0 radical (unpaired) electrons. The fourth-order valence-corrected chi connectivity index (χ4v) is 3.11. The van der Waals surface area contributed by atoms with E-state index >= 15 is 0 Å². The minimum absolute atomic E-state index is 0.101. The van der Waals surface area contributed by atoms with Gasteiger partial charge >= 0.3 is 0 Å². The number of hydrogen-bond acceptors (Lipinski definition) is 6. The lowest BCUT2D eigenvalue weighted by molar-refractivity contribution is -0.00240. The van der Waals surface area contributed by atoms with Crippen LogP contribution < -0.4 is 4.74 Å². The number of methoxy groups -OCH3 is 1. The molecule has 0 saturated carbocycles. The highest BCUT2D eigenvalue weighted by Crippen LogP contribution is 2.28. The molecule has 8 nitrogen and oxygen atoms in total. The number of carbonyl (C=O) groups is 1. The zero-order chi connectivity index (χ0) is 17.2. The number of fused-ring (bicyclic) bond motifs is 1. The molecule has 0 unspecified atom stereocenters. The summed E-state index contributed by atoms with van der Waals surface area (Å²) in [4.78, 5) is 14.4. The van der Waals surface area contributed by atoms with Crippen molar-refractivity contribution in [3.05, 3.63) is 41.2 Å². The van der Waals surface area contributed by atoms with Crippen molar-refractivity contribution in [1.29, 1.82) is 0 Å². The monoisotopic (exact) mass is 344 g/mol. The van der Waals surface area contributed by atoms with E-state index in [0.29, 0.717) is 45.1 Å². The van der Waals surface area contributed by atoms with Crippen LogP contribution in [0.4, 0.5) is 0 Å². The summed E-state index contributed by atoms with van der Waals surface area (Å²) in [6.07, 6.45) is -0.119. The second kappa shape index (κ2) is 6.81. The third-order valence-corrected chi connectivity index (χ3v) is 4.59. The van der Waals surface area contributed by atoms with E-state index in [4.69, 9.17) is 14.2 Å². The van der Waals surface area contributed by atoms with Gasteiger partial charge in [0.25, 0.3) is 5.91 Å². The van der Waals surface area contributed by atoms with E-state index in [2.05, 4.69) is 10.3 Å². The number of nitrogens with zero attached hydrogens (tertiary/aromatic N) is 4. The average molecular weight is 344 g/mol. The van der Waals surface area contributed by atoms with E-state index < -0.39 is 0 Å². The molecule has 132 valence electrons. The Morgan fingerprint density at radius 3 is 2.72 bits per heavy atom. The van der Waals surface area contributed by atoms with Crippen LogP contribution in [-0.2, 0) is 22.6 Å². The number of hydrogen-bond donors (Lipinski definition) is 0. The number of rotatable bonds is 3. The highest BCUT2D eigenvalue weighted by Gasteiger charge is 2.30. The number of ether oxygens (including phenoxy) is 3. The van der Waals surface area contributed by atoms with Gasteiger partial charge in [-0.25, -0.2) is 4.68 Å². The van der Waals surface area contributed by atoms with Crippen molar-refractivity contribution < 1.29 is 19.0 Å². The zero-order valence-corrected chi connectivity index (χ0v) is 14.1. The summed E-state index contributed by atoms with van der Waals surface area (Å²) in [7, 11) is 1.64. The molecule has 0 aliphatic carbocycles. The molecule has 2 aromatic rings. The summed E-state index contributed by atoms with van der Waals surface area (Å²) >= 11 is 0. The van der Waals surface area contributed by atoms with Crippen LogP contribution >= 0.6 is 0 Å². The van der Waals surface area contributed by atoms with Gasteiger partial charge in [0.1, 0.15) is 11.9 Å². The normalized spacial score (nSPS) is 20.2. The molecule has 1 atom stereocenters. The molecule has 1 aromatic carbocycles. The molecule has 0 spiro atoms. The van der Waals surface area contributed by atoms with Gasteiger partial charge < -0.3 is 19.1 Å². The quantitative estimate of drug-likeness (QED) is 0.828. The summed E-state index contributed by atoms with van der Waals surface area (Å²) in [5.41, 5.74) is 2.17. The van der Waals surface area contributed by atoms with Crippen LogP contribution in [0.25, 0.3) is 0 Å². The second-order valence-corrected chi connectivity index (χ2v) is 6.04. The lowest BCUT2D eigenvalue weighted by Crippen LogP contribution is -2.41. The molecule has 0 bridgehead atoms. The van der Waals surface area contributed by atoms with Gasteiger partial charge in [-0.2, -0.15) is 0 Å². The first kappa shape index (κ1) is 16.0. The SMILES string of the molecule is COc1ccc([C@@H]2Cn3nnc(C(=O)N4CCOCC4)c3CO2)cc1. The van der Waals surface area contributed by atoms with Gasteiger partial charge in [0.15, 0.2) is 5.69 Å². The van der Waals surface area contributed by atoms with E-state index in [0.717, 1.165) is 17.0 Å². The van der Waals surface area contributed by atoms with Gasteiger partial charge in [-0.1, -0.05) is 17.3 Å². The first-order chi connectivity index (χ1) is 12.3. The molecule has 1 saturated heterocycles. The Morgan fingerprint density at radius 2 is 2.00 bits per heavy atom. The molecule has 2 aliphatic rings. The lowest BCUT2D eigenvalue weighted by Gasteiger charge is -2.27. The largest absolute Gasteiger partial charge is 0.497 e. The van der Waals surface area contributed by atoms with Crippen LogP contribution in [0.15, 0.2) is 24.3 Å². The summed E-state index contributed by atoms with van der Waals surface area (Å²) in [5, 5.41) is 8.27. The Bertz CT molecular complexity index is 753. The second-order valence-electron chi connectivity index (χ2n) is 6.04. The van der Waals surface area contributed by atoms with Gasteiger partial charge in [-0.3, -0.25) is 4.79 Å². The molecule has 2 aliphatic heterocycles. The van der Waals surface area contributed by atoms with Gasteiger partial charge in [-0.05, 0) is 17.7 Å². The Labute approximate surface area is 145 Å². The fraction of sp³-hybridized carbons (Fsp3) is 0.471. The average Bonchev–Trinajstić information content (AvgIpc) is 3.11. The number of carbonyl (C=O) groups excluding carboxylic acids is 1. The molecular formula is C17H20N4O4. The van der Waals surface area contributed by atoms with Crippen LogP contribution in [0.2, 0.25) is 0 Å². The number of amides is 1. The Kier molecular flexibility index (Phi) is 4.37. The number of aromatic nitrogens is 3. The first-order valence-corrected chi connectivity index (χ1v) is 8.31. The molecule has 8 heteroatoms. The van der Waals surface area contributed by atoms with Gasteiger partial charge in [0.05, 0.1) is 39.2 Å². The summed E-state index contributed by atoms with van der Waals surface area (Å²) in [6, 6.07) is 7.77. The molecule has 0 N–H and O–H groups in total. The third-order valence-electron chi connectivity index (χ3n) is 4.59. The van der Waals surface area contributed by atoms with Gasteiger partial charge in [0, 0.05) is 13.1 Å². The molecule has 1 fully saturated rings. The number of morpholine rings is 1. The van der Waals surface area contributed by atoms with E-state index in [1.165, 1.54) is 0 Å². The predicted octanol–water partition coefficient (Wildman–Crippen LogP) is 1.03. The van der Waals surface area contributed by atoms with Gasteiger partial charge in [-0.15, -0.1) is 5.10 Å². The Morgan fingerprint density at radius 1 is 1.24 bits per heavy atom. The standard InChI is InChI=1S/C17H20N4O4/c1-23-13-4-2-12(3-5-13)15-10-21-14(11-25-15)16(18-19-21)17(22)20-6-8-24-9-7-20/h2-5,15H,6-11H2,1H3/t15-/m0/s1. The van der Waals surface area contributed by atoms with Crippen molar-refractivity contribution in [2.24, 2.45) is 0 Å². The maximum absolute atomic E-state index is 12.6. The molecular weight excluding hydrogens is 324 g/mol. The van der Waals surface area contributed by atoms with Crippen molar-refractivity contribution in [2.75, 3.05) is 33.4 Å². The molecule has 1 amide bonds. The molecule has 4 rings (SSSR count). The van der Waals surface area contributed by atoms with Crippen LogP contribution in [0, 0.1) is 0 Å². The summed E-state index contributed by atoms with van der Waals surface area (Å²) < 4.78 is 18.2. The first-order valence-electron chi connectivity index (χ1n) is 8.31. The van der Waals surface area contributed by atoms with E-state index in [1.54, 1.807) is 16.7 Å². The molecule has 1 aromatic heterocycles. The zero-order valence-electron chi connectivity index (χ0n) is 14.1. The Hall–Kier alpha value is -2.45. The van der Waals surface area contributed by atoms with Crippen molar-refractivity contribution in [3.63, 3.8) is 0 Å². The highest BCUT2D eigenvalue weighted by atomic mass is 16.5. The van der Waals surface area contributed by atoms with Crippen LogP contribution in [-0.4, -0.2) is 59.2 Å². The summed E-state index contributed by atoms with van der Waals surface area (Å²) in [5.74, 6) is 0.704. The van der Waals surface area contributed by atoms with Crippen LogP contribution in [0.1, 0.15) is 27.8 Å². The third kappa shape index (κ3) is 3.10. The maximum atomic E-state index is 12.6. The Balaban J connectivity index is 1.50.